The molecular weight excluding hydrogens is 658 g/mol. The molecule has 39 heavy (non-hydrogen) atoms. The molecule has 208 valence electrons. The van der Waals surface area contributed by atoms with Crippen LogP contribution >= 0.6 is 42.3 Å². The SMILES string of the molecule is COc1ccc(F)cc1CCn1c(=O)n(C(C)C(=O)N2CCCC2)c(=O)c2c(C)c(-n3nccn3)sc21.SI. The summed E-state index contributed by atoms with van der Waals surface area (Å²) < 4.78 is 21.9. The first-order valence-corrected chi connectivity index (χ1v) is 16.3. The number of benzene rings is 1. The molecule has 14 heteroatoms. The van der Waals surface area contributed by atoms with Gasteiger partial charge in [-0.05, 0) is 78.1 Å². The maximum absolute atomic E-state index is 14.0. The Morgan fingerprint density at radius 3 is 2.51 bits per heavy atom. The lowest BCUT2D eigenvalue weighted by atomic mass is 10.1. The highest BCUT2D eigenvalue weighted by Crippen LogP contribution is 2.31. The van der Waals surface area contributed by atoms with E-state index in [2.05, 4.69) is 20.0 Å². The number of ether oxygens (including phenoxy) is 1. The molecule has 4 heterocycles. The molecule has 0 radical (unpaired) electrons. The molecule has 0 saturated carbocycles. The Morgan fingerprint density at radius 1 is 1.21 bits per heavy atom. The smallest absolute Gasteiger partial charge is 0.332 e. The summed E-state index contributed by atoms with van der Waals surface area (Å²) in [5.74, 6) is -0.168. The number of amides is 1. The summed E-state index contributed by atoms with van der Waals surface area (Å²) in [5, 5.41) is 9.32. The lowest BCUT2D eigenvalue weighted by Gasteiger charge is -2.22. The second-order valence-corrected chi connectivity index (χ2v) is 10.0. The molecule has 1 saturated heterocycles. The maximum atomic E-state index is 14.0. The summed E-state index contributed by atoms with van der Waals surface area (Å²) in [5.41, 5.74) is 0.0949. The number of carbonyl (C=O) groups excluding carboxylic acids is 1. The van der Waals surface area contributed by atoms with Gasteiger partial charge in [-0.2, -0.15) is 10.2 Å². The molecule has 0 aliphatic carbocycles. The molecular formula is C25H28FIN6O4S2. The molecule has 1 fully saturated rings. The number of aryl methyl sites for hydroxylation is 3. The van der Waals surface area contributed by atoms with E-state index in [9.17, 15) is 18.8 Å². The molecule has 1 atom stereocenters. The summed E-state index contributed by atoms with van der Waals surface area (Å²) >= 11 is 3.07. The molecule has 1 amide bonds. The van der Waals surface area contributed by atoms with Crippen LogP contribution in [0.25, 0.3) is 15.2 Å². The third-order valence-electron chi connectivity index (χ3n) is 6.83. The molecule has 1 aliphatic heterocycles. The molecule has 0 bridgehead atoms. The Bertz CT molecular complexity index is 1590. The highest BCUT2D eigenvalue weighted by atomic mass is 127. The fraction of sp³-hybridized carbons (Fsp3) is 0.400. The predicted octanol–water partition coefficient (Wildman–Crippen LogP) is 3.95. The largest absolute Gasteiger partial charge is 0.496 e. The van der Waals surface area contributed by atoms with Gasteiger partial charge in [-0.3, -0.25) is 14.2 Å². The molecule has 0 N–H and O–H groups in total. The van der Waals surface area contributed by atoms with Gasteiger partial charge >= 0.3 is 5.69 Å². The van der Waals surface area contributed by atoms with Crippen LogP contribution in [0.4, 0.5) is 4.39 Å². The minimum absolute atomic E-state index is 0.145. The van der Waals surface area contributed by atoms with Gasteiger partial charge in [-0.15, -0.1) is 14.6 Å². The Kier molecular flexibility index (Phi) is 9.48. The van der Waals surface area contributed by atoms with Crippen LogP contribution < -0.4 is 16.0 Å². The van der Waals surface area contributed by atoms with E-state index in [0.29, 0.717) is 45.2 Å². The molecule has 4 aromatic rings. The molecule has 3 aromatic heterocycles. The third kappa shape index (κ3) is 5.63. The van der Waals surface area contributed by atoms with E-state index < -0.39 is 23.1 Å². The Hall–Kier alpha value is -2.72. The van der Waals surface area contributed by atoms with Crippen LogP contribution in [0.2, 0.25) is 0 Å². The van der Waals surface area contributed by atoms with Crippen molar-refractivity contribution < 1.29 is 13.9 Å². The summed E-state index contributed by atoms with van der Waals surface area (Å²) in [6.07, 6.45) is 5.13. The molecule has 1 unspecified atom stereocenters. The Balaban J connectivity index is 0.00000172. The van der Waals surface area contributed by atoms with Crippen molar-refractivity contribution in [3.63, 3.8) is 0 Å². The number of aromatic nitrogens is 5. The summed E-state index contributed by atoms with van der Waals surface area (Å²) in [4.78, 5) is 44.4. The topological polar surface area (TPSA) is 104 Å². The number of methoxy groups -OCH3 is 1. The minimum Gasteiger partial charge on any atom is -0.496 e. The van der Waals surface area contributed by atoms with Gasteiger partial charge in [0.15, 0.2) is 0 Å². The fourth-order valence-corrected chi connectivity index (χ4v) is 6.13. The normalized spacial score (nSPS) is 13.8. The fourth-order valence-electron chi connectivity index (χ4n) is 4.89. The zero-order chi connectivity index (χ0) is 28.3. The second-order valence-electron chi connectivity index (χ2n) is 9.05. The van der Waals surface area contributed by atoms with Gasteiger partial charge in [-0.25, -0.2) is 13.8 Å². The van der Waals surface area contributed by atoms with Crippen molar-refractivity contribution in [1.82, 2.24) is 29.0 Å². The zero-order valence-electron chi connectivity index (χ0n) is 21.6. The highest BCUT2D eigenvalue weighted by Gasteiger charge is 2.30. The highest BCUT2D eigenvalue weighted by molar-refractivity contribution is 14.2. The summed E-state index contributed by atoms with van der Waals surface area (Å²) in [7, 11) is 5.00. The number of carbonyl (C=O) groups is 1. The predicted molar refractivity (Wildman–Crippen MR) is 160 cm³/mol. The van der Waals surface area contributed by atoms with E-state index in [-0.39, 0.29) is 18.9 Å². The van der Waals surface area contributed by atoms with Gasteiger partial charge in [-0.1, -0.05) is 11.3 Å². The Morgan fingerprint density at radius 2 is 1.87 bits per heavy atom. The quantitative estimate of drug-likeness (QED) is 0.234. The van der Waals surface area contributed by atoms with Crippen LogP contribution in [0, 0.1) is 12.7 Å². The van der Waals surface area contributed by atoms with Crippen molar-refractivity contribution >= 4 is 58.5 Å². The van der Waals surface area contributed by atoms with Crippen molar-refractivity contribution in [2.75, 3.05) is 20.2 Å². The van der Waals surface area contributed by atoms with Crippen molar-refractivity contribution in [2.24, 2.45) is 0 Å². The number of halogens is 2. The van der Waals surface area contributed by atoms with Crippen molar-refractivity contribution in [3.05, 3.63) is 68.4 Å². The van der Waals surface area contributed by atoms with E-state index in [1.54, 1.807) is 18.7 Å². The van der Waals surface area contributed by atoms with Crippen LogP contribution in [0.5, 0.6) is 5.75 Å². The van der Waals surface area contributed by atoms with Gasteiger partial charge in [0.2, 0.25) is 5.91 Å². The number of fused-ring (bicyclic) bond motifs is 1. The number of hydrogen-bond acceptors (Lipinski definition) is 8. The van der Waals surface area contributed by atoms with Crippen LogP contribution in [0.15, 0.2) is 40.2 Å². The monoisotopic (exact) mass is 686 g/mol. The third-order valence-corrected chi connectivity index (χ3v) is 8.11. The van der Waals surface area contributed by atoms with E-state index >= 15 is 0 Å². The van der Waals surface area contributed by atoms with E-state index in [0.717, 1.165) is 17.4 Å². The number of rotatable bonds is 7. The van der Waals surface area contributed by atoms with Crippen LogP contribution in [-0.2, 0) is 17.8 Å². The number of likely N-dealkylation sites (tertiary alicyclic amines) is 1. The number of thiophene rings is 1. The first-order valence-electron chi connectivity index (χ1n) is 12.2. The molecule has 1 aromatic carbocycles. The maximum Gasteiger partial charge on any atom is 0.332 e. The van der Waals surface area contributed by atoms with Crippen LogP contribution in [-0.4, -0.2) is 55.1 Å². The lowest BCUT2D eigenvalue weighted by Crippen LogP contribution is -2.46. The van der Waals surface area contributed by atoms with E-state index in [1.165, 1.54) is 58.4 Å². The van der Waals surface area contributed by atoms with Crippen molar-refractivity contribution in [2.45, 2.75) is 45.7 Å². The standard InChI is InChI=1S/C25H27FN6O4S.HIS/c1-15-20-22(34)31(16(2)21(33)29-11-4-5-12-29)25(35)30(24(20)37-23(15)32-27-9-10-28-32)13-8-17-14-18(26)6-7-19(17)36-3;1-2/h6-7,9-10,14,16H,4-5,8,11-13H2,1-3H3;2H. The summed E-state index contributed by atoms with van der Waals surface area (Å²) in [6, 6.07) is 3.25. The Labute approximate surface area is 245 Å². The molecule has 1 aliphatic rings. The zero-order valence-corrected chi connectivity index (χ0v) is 25.5. The van der Waals surface area contributed by atoms with E-state index in [1.807, 2.05) is 21.2 Å². The summed E-state index contributed by atoms with van der Waals surface area (Å²) in [6.45, 7) is 4.74. The average Bonchev–Trinajstić information content (AvgIpc) is 3.71. The molecule has 10 nitrogen and oxygen atoms in total. The first kappa shape index (κ1) is 29.3. The van der Waals surface area contributed by atoms with Gasteiger partial charge in [0.05, 0.1) is 24.9 Å². The van der Waals surface area contributed by atoms with Crippen molar-refractivity contribution in [1.29, 1.82) is 0 Å². The van der Waals surface area contributed by atoms with Crippen molar-refractivity contribution in [3.8, 4) is 10.8 Å². The van der Waals surface area contributed by atoms with E-state index in [4.69, 9.17) is 4.74 Å². The van der Waals surface area contributed by atoms with Gasteiger partial charge in [0.25, 0.3) is 5.56 Å². The second kappa shape index (κ2) is 12.6. The average molecular weight is 687 g/mol. The van der Waals surface area contributed by atoms with Gasteiger partial charge in [0.1, 0.15) is 27.4 Å². The van der Waals surface area contributed by atoms with Crippen LogP contribution in [0.1, 0.15) is 36.9 Å². The number of nitrogens with zero attached hydrogens (tertiary/aromatic N) is 6. The molecule has 5 rings (SSSR count). The molecule has 0 spiro atoms. The lowest BCUT2D eigenvalue weighted by molar-refractivity contribution is -0.133. The number of hydrogen-bond donors (Lipinski definition) is 1. The van der Waals surface area contributed by atoms with Gasteiger partial charge in [0, 0.05) is 25.2 Å². The first-order chi connectivity index (χ1) is 18.8. The van der Waals surface area contributed by atoms with Gasteiger partial charge < -0.3 is 9.64 Å². The minimum atomic E-state index is -0.969. The van der Waals surface area contributed by atoms with Crippen LogP contribution in [0.3, 0.4) is 0 Å². The number of thiol groups is 1.